The topological polar surface area (TPSA) is 106 Å². The second-order valence-corrected chi connectivity index (χ2v) is 8.46. The van der Waals surface area contributed by atoms with Gasteiger partial charge < -0.3 is 9.55 Å². The van der Waals surface area contributed by atoms with Gasteiger partial charge in [-0.15, -0.1) is 0 Å². The van der Waals surface area contributed by atoms with E-state index in [-0.39, 0.29) is 28.4 Å². The molecule has 162 valence electrons. The second-order valence-electron chi connectivity index (χ2n) is 6.72. The minimum absolute atomic E-state index is 0.0363. The molecule has 2 N–H and O–H groups in total. The number of nitrogens with one attached hydrogen (secondary N) is 2. The van der Waals surface area contributed by atoms with E-state index in [0.717, 1.165) is 12.1 Å². The van der Waals surface area contributed by atoms with Crippen molar-refractivity contribution in [3.05, 3.63) is 60.8 Å². The van der Waals surface area contributed by atoms with E-state index in [1.54, 1.807) is 18.7 Å². The summed E-state index contributed by atoms with van der Waals surface area (Å²) in [7, 11) is -3.86. The summed E-state index contributed by atoms with van der Waals surface area (Å²) in [4.78, 5) is 15.1. The van der Waals surface area contributed by atoms with Crippen molar-refractivity contribution in [3.63, 3.8) is 0 Å². The lowest BCUT2D eigenvalue weighted by Gasteiger charge is -2.08. The van der Waals surface area contributed by atoms with Crippen LogP contribution in [0.4, 0.5) is 13.2 Å². The maximum Gasteiger partial charge on any atom is 0.416 e. The number of pyridine rings is 1. The van der Waals surface area contributed by atoms with Crippen LogP contribution >= 0.6 is 0 Å². The number of imidazole rings is 2. The van der Waals surface area contributed by atoms with Crippen LogP contribution in [0.2, 0.25) is 0 Å². The van der Waals surface area contributed by atoms with Gasteiger partial charge in [-0.3, -0.25) is 0 Å². The van der Waals surface area contributed by atoms with Crippen LogP contribution in [0, 0.1) is 0 Å². The zero-order chi connectivity index (χ0) is 22.1. The molecule has 12 heteroatoms. The first-order valence-electron chi connectivity index (χ1n) is 9.22. The van der Waals surface area contributed by atoms with Crippen molar-refractivity contribution in [3.8, 4) is 11.4 Å². The monoisotopic (exact) mass is 450 g/mol. The van der Waals surface area contributed by atoms with Gasteiger partial charge in [0, 0.05) is 37.2 Å². The second kappa shape index (κ2) is 8.12. The predicted octanol–water partition coefficient (Wildman–Crippen LogP) is 3.21. The number of fused-ring (bicyclic) bond motifs is 1. The highest BCUT2D eigenvalue weighted by atomic mass is 32.2. The van der Waals surface area contributed by atoms with E-state index >= 15 is 0 Å². The normalized spacial score (nSPS) is 12.5. The Balaban J connectivity index is 1.55. The molecule has 0 spiro atoms. The number of aromatic nitrogens is 5. The van der Waals surface area contributed by atoms with Crippen LogP contribution in [0.1, 0.15) is 12.0 Å². The maximum atomic E-state index is 12.8. The lowest BCUT2D eigenvalue weighted by molar-refractivity contribution is -0.137. The van der Waals surface area contributed by atoms with E-state index in [2.05, 4.69) is 24.7 Å². The number of hydrogen-bond acceptors (Lipinski definition) is 5. The van der Waals surface area contributed by atoms with Crippen molar-refractivity contribution in [2.75, 3.05) is 6.54 Å². The van der Waals surface area contributed by atoms with Gasteiger partial charge in [-0.2, -0.15) is 13.2 Å². The lowest BCUT2D eigenvalue weighted by atomic mass is 10.1. The molecule has 3 aromatic heterocycles. The highest BCUT2D eigenvalue weighted by Gasteiger charge is 2.30. The summed E-state index contributed by atoms with van der Waals surface area (Å²) in [5.74, 6) is 0.221. The van der Waals surface area contributed by atoms with Gasteiger partial charge >= 0.3 is 6.18 Å². The molecule has 3 heterocycles. The van der Waals surface area contributed by atoms with Gasteiger partial charge in [-0.1, -0.05) is 12.1 Å². The summed E-state index contributed by atoms with van der Waals surface area (Å²) in [6.07, 6.45) is 2.51. The van der Waals surface area contributed by atoms with Gasteiger partial charge in [0.25, 0.3) is 0 Å². The Kier molecular flexibility index (Phi) is 5.50. The summed E-state index contributed by atoms with van der Waals surface area (Å²) in [5, 5.41) is 0. The molecule has 0 atom stereocenters. The van der Waals surface area contributed by atoms with E-state index in [1.165, 1.54) is 24.4 Å². The van der Waals surface area contributed by atoms with Gasteiger partial charge in [0.05, 0.1) is 11.9 Å². The molecule has 0 saturated carbocycles. The van der Waals surface area contributed by atoms with Crippen LogP contribution in [0.5, 0.6) is 0 Å². The van der Waals surface area contributed by atoms with E-state index in [9.17, 15) is 21.6 Å². The van der Waals surface area contributed by atoms with Crippen LogP contribution in [-0.2, 0) is 22.7 Å². The highest BCUT2D eigenvalue weighted by molar-refractivity contribution is 7.89. The molecule has 0 aliphatic rings. The van der Waals surface area contributed by atoms with E-state index in [0.29, 0.717) is 18.5 Å². The third-order valence-electron chi connectivity index (χ3n) is 4.57. The van der Waals surface area contributed by atoms with Gasteiger partial charge in [0.15, 0.2) is 5.65 Å². The summed E-state index contributed by atoms with van der Waals surface area (Å²) in [5.41, 5.74) is -0.0769. The molecule has 0 aliphatic carbocycles. The number of aryl methyl sites for hydroxylation is 1. The minimum atomic E-state index is -4.45. The molecule has 0 fully saturated rings. The standard InChI is InChI=1S/C19H17F3N6O2S/c20-19(21,22)14-4-2-13(3-5-14)17-26-16-15(6-8-24-18(16)27-17)31(29,30)25-7-1-10-28-11-9-23-12-28/h2-6,8-9,11-12,25H,1,7,10H2,(H,24,26,27). The average Bonchev–Trinajstić information content (AvgIpc) is 3.40. The molecule has 8 nitrogen and oxygen atoms in total. The molecular weight excluding hydrogens is 433 g/mol. The summed E-state index contributed by atoms with van der Waals surface area (Å²) in [6, 6.07) is 5.76. The van der Waals surface area contributed by atoms with Crippen molar-refractivity contribution in [1.82, 2.24) is 29.2 Å². The summed E-state index contributed by atoms with van der Waals surface area (Å²) in [6.45, 7) is 0.820. The number of benzene rings is 1. The first kappa shape index (κ1) is 21.0. The van der Waals surface area contributed by atoms with Gasteiger partial charge in [-0.25, -0.2) is 28.1 Å². The van der Waals surface area contributed by atoms with E-state index in [1.807, 2.05) is 4.57 Å². The van der Waals surface area contributed by atoms with Crippen LogP contribution < -0.4 is 4.72 Å². The third-order valence-corrected chi connectivity index (χ3v) is 6.08. The molecule has 31 heavy (non-hydrogen) atoms. The predicted molar refractivity (Wildman–Crippen MR) is 106 cm³/mol. The lowest BCUT2D eigenvalue weighted by Crippen LogP contribution is -2.25. The smallest absolute Gasteiger partial charge is 0.337 e. The van der Waals surface area contributed by atoms with E-state index in [4.69, 9.17) is 0 Å². The molecule has 0 radical (unpaired) electrons. The molecular formula is C19H17F3N6O2S. The fourth-order valence-corrected chi connectivity index (χ4v) is 4.25. The number of rotatable bonds is 7. The fraction of sp³-hybridized carbons (Fsp3) is 0.211. The molecule has 0 bridgehead atoms. The molecule has 0 amide bonds. The van der Waals surface area contributed by atoms with Crippen molar-refractivity contribution < 1.29 is 21.6 Å². The minimum Gasteiger partial charge on any atom is -0.337 e. The Morgan fingerprint density at radius 3 is 2.55 bits per heavy atom. The molecule has 0 unspecified atom stereocenters. The number of hydrogen-bond donors (Lipinski definition) is 2. The summed E-state index contributed by atoms with van der Waals surface area (Å²) < 4.78 is 68.2. The molecule has 4 rings (SSSR count). The number of H-pyrrole nitrogens is 1. The van der Waals surface area contributed by atoms with Crippen LogP contribution in [0.3, 0.4) is 0 Å². The fourth-order valence-electron chi connectivity index (χ4n) is 3.03. The number of sulfonamides is 1. The zero-order valence-electron chi connectivity index (χ0n) is 16.0. The third kappa shape index (κ3) is 4.59. The SMILES string of the molecule is O=S(=O)(NCCCn1ccnc1)c1ccnc2nc(-c3ccc(C(F)(F)F)cc3)[nH]c12. The molecule has 4 aromatic rings. The summed E-state index contributed by atoms with van der Waals surface area (Å²) >= 11 is 0. The van der Waals surface area contributed by atoms with Crippen molar-refractivity contribution in [1.29, 1.82) is 0 Å². The molecule has 1 aromatic carbocycles. The Labute approximate surface area is 175 Å². The van der Waals surface area contributed by atoms with Crippen molar-refractivity contribution >= 4 is 21.2 Å². The Morgan fingerprint density at radius 2 is 1.87 bits per heavy atom. The van der Waals surface area contributed by atoms with Gasteiger partial charge in [-0.05, 0) is 24.6 Å². The Hall–Kier alpha value is -3.25. The number of alkyl halides is 3. The molecule has 0 aliphatic heterocycles. The van der Waals surface area contributed by atoms with Crippen molar-refractivity contribution in [2.45, 2.75) is 24.0 Å². The Bertz CT molecular complexity index is 1280. The number of nitrogens with zero attached hydrogens (tertiary/aromatic N) is 4. The highest BCUT2D eigenvalue weighted by Crippen LogP contribution is 2.31. The first-order chi connectivity index (χ1) is 14.7. The van der Waals surface area contributed by atoms with Crippen LogP contribution in [0.25, 0.3) is 22.6 Å². The Morgan fingerprint density at radius 1 is 1.10 bits per heavy atom. The quantitative estimate of drug-likeness (QED) is 0.421. The first-order valence-corrected chi connectivity index (χ1v) is 10.7. The number of halogens is 3. The maximum absolute atomic E-state index is 12.8. The zero-order valence-corrected chi connectivity index (χ0v) is 16.8. The van der Waals surface area contributed by atoms with Crippen molar-refractivity contribution in [2.24, 2.45) is 0 Å². The number of aromatic amines is 1. The van der Waals surface area contributed by atoms with E-state index < -0.39 is 21.8 Å². The van der Waals surface area contributed by atoms with Crippen LogP contribution in [-0.4, -0.2) is 39.5 Å². The van der Waals surface area contributed by atoms with Gasteiger partial charge in [0.2, 0.25) is 10.0 Å². The van der Waals surface area contributed by atoms with Crippen LogP contribution in [0.15, 0.2) is 60.1 Å². The largest absolute Gasteiger partial charge is 0.416 e. The molecule has 0 saturated heterocycles. The average molecular weight is 450 g/mol. The van der Waals surface area contributed by atoms with Gasteiger partial charge in [0.1, 0.15) is 16.2 Å².